The molecule has 1 aliphatic carbocycles. The van der Waals surface area contributed by atoms with Gasteiger partial charge in [-0.1, -0.05) is 61.5 Å². The Bertz CT molecular complexity index is 1180. The van der Waals surface area contributed by atoms with E-state index in [0.717, 1.165) is 17.9 Å². The highest BCUT2D eigenvalue weighted by Crippen LogP contribution is 2.48. The predicted molar refractivity (Wildman–Crippen MR) is 132 cm³/mol. The fourth-order valence-corrected chi connectivity index (χ4v) is 5.80. The van der Waals surface area contributed by atoms with Gasteiger partial charge in [-0.15, -0.1) is 0 Å². The van der Waals surface area contributed by atoms with Crippen LogP contribution in [0.3, 0.4) is 0 Å². The maximum atomic E-state index is 13.6. The van der Waals surface area contributed by atoms with Crippen molar-refractivity contribution in [1.82, 2.24) is 9.29 Å². The van der Waals surface area contributed by atoms with Crippen LogP contribution in [0, 0.1) is 5.92 Å². The van der Waals surface area contributed by atoms with E-state index in [1.54, 1.807) is 30.3 Å². The molecule has 0 spiro atoms. The lowest BCUT2D eigenvalue weighted by Gasteiger charge is -2.45. The van der Waals surface area contributed by atoms with E-state index in [9.17, 15) is 9.59 Å². The van der Waals surface area contributed by atoms with Crippen LogP contribution in [0.5, 0.6) is 5.88 Å². The van der Waals surface area contributed by atoms with E-state index >= 15 is 0 Å². The summed E-state index contributed by atoms with van der Waals surface area (Å²) in [4.78, 5) is 31.9. The predicted octanol–water partition coefficient (Wildman–Crippen LogP) is 5.65. The number of halogens is 1. The van der Waals surface area contributed by atoms with E-state index in [2.05, 4.69) is 12.8 Å². The zero-order chi connectivity index (χ0) is 23.0. The van der Waals surface area contributed by atoms with Crippen molar-refractivity contribution in [3.8, 4) is 5.88 Å². The van der Waals surface area contributed by atoms with Gasteiger partial charge in [0, 0.05) is 17.5 Å². The van der Waals surface area contributed by atoms with Gasteiger partial charge in [0.05, 0.1) is 12.3 Å². The zero-order valence-electron chi connectivity index (χ0n) is 17.8. The van der Waals surface area contributed by atoms with E-state index in [0.29, 0.717) is 28.8 Å². The first-order valence-corrected chi connectivity index (χ1v) is 12.7. The molecule has 0 radical (unpaired) electrons. The minimum Gasteiger partial charge on any atom is -0.478 e. The van der Waals surface area contributed by atoms with E-state index in [4.69, 9.17) is 21.3 Å². The smallest absolute Gasteiger partial charge is 0.248 e. The maximum absolute atomic E-state index is 13.6. The van der Waals surface area contributed by atoms with Gasteiger partial charge in [0.25, 0.3) is 0 Å². The standard InChI is InChI=1S/C25H23ClN2O3S2/c26-19-5-2-1-4-18(19)23-20(29)14-25(28(32)24(23)30,17-11-13-33-15-17)21-6-3-7-22(27-21)31-12-10-16-8-9-16/h1-7,11,13,15-16,23,32H,8-10,12,14H2. The number of thiophene rings is 1. The average molecular weight is 499 g/mol. The number of ether oxygens (including phenoxy) is 1. The second-order valence-corrected chi connectivity index (χ2v) is 10.1. The summed E-state index contributed by atoms with van der Waals surface area (Å²) < 4.78 is 7.27. The van der Waals surface area contributed by atoms with Crippen molar-refractivity contribution in [3.05, 3.63) is 81.1 Å². The van der Waals surface area contributed by atoms with Crippen molar-refractivity contribution in [2.75, 3.05) is 6.61 Å². The molecule has 0 N–H and O–H groups in total. The first-order chi connectivity index (χ1) is 16.0. The van der Waals surface area contributed by atoms with Gasteiger partial charge < -0.3 is 4.74 Å². The highest BCUT2D eigenvalue weighted by atomic mass is 35.5. The summed E-state index contributed by atoms with van der Waals surface area (Å²) in [7, 11) is 0. The third kappa shape index (κ3) is 4.18. The van der Waals surface area contributed by atoms with Crippen LogP contribution < -0.4 is 4.74 Å². The molecule has 5 nitrogen and oxygen atoms in total. The number of carbonyl (C=O) groups is 2. The maximum Gasteiger partial charge on any atom is 0.248 e. The molecule has 8 heteroatoms. The Hall–Kier alpha value is -2.35. The van der Waals surface area contributed by atoms with E-state index in [1.807, 2.05) is 29.0 Å². The van der Waals surface area contributed by atoms with Gasteiger partial charge in [-0.2, -0.15) is 11.3 Å². The molecule has 1 amide bonds. The summed E-state index contributed by atoms with van der Waals surface area (Å²) in [5.41, 5.74) is 0.714. The van der Waals surface area contributed by atoms with Crippen LogP contribution in [0.15, 0.2) is 59.3 Å². The third-order valence-corrected chi connectivity index (χ3v) is 7.97. The van der Waals surface area contributed by atoms with E-state index < -0.39 is 17.4 Å². The quantitative estimate of drug-likeness (QED) is 0.338. The number of carbonyl (C=O) groups excluding carboxylic acids is 2. The molecule has 170 valence electrons. The number of rotatable bonds is 7. The summed E-state index contributed by atoms with van der Waals surface area (Å²) in [6.07, 6.45) is 3.58. The number of nitrogens with zero attached hydrogens (tertiary/aromatic N) is 2. The van der Waals surface area contributed by atoms with Crippen molar-refractivity contribution in [3.63, 3.8) is 0 Å². The van der Waals surface area contributed by atoms with E-state index in [-0.39, 0.29) is 12.2 Å². The van der Waals surface area contributed by atoms with Gasteiger partial charge >= 0.3 is 0 Å². The molecule has 3 aromatic rings. The molecular formula is C25H23ClN2O3S2. The molecular weight excluding hydrogens is 476 g/mol. The fourth-order valence-electron chi connectivity index (χ4n) is 4.43. The highest BCUT2D eigenvalue weighted by molar-refractivity contribution is 7.78. The number of pyridine rings is 1. The molecule has 2 unspecified atom stereocenters. The Morgan fingerprint density at radius 3 is 2.70 bits per heavy atom. The van der Waals surface area contributed by atoms with E-state index in [1.165, 1.54) is 28.5 Å². The second-order valence-electron chi connectivity index (χ2n) is 8.56. The molecule has 3 heterocycles. The van der Waals surface area contributed by atoms with Gasteiger partial charge in [-0.25, -0.2) is 4.98 Å². The van der Waals surface area contributed by atoms with Crippen molar-refractivity contribution >= 4 is 47.4 Å². The molecule has 0 bridgehead atoms. The van der Waals surface area contributed by atoms with Crippen LogP contribution in [0.4, 0.5) is 0 Å². The third-order valence-electron chi connectivity index (χ3n) is 6.40. The molecule has 1 aliphatic heterocycles. The normalized spacial score (nSPS) is 23.1. The molecule has 2 aliphatic rings. The van der Waals surface area contributed by atoms with Crippen LogP contribution >= 0.6 is 35.8 Å². The van der Waals surface area contributed by atoms with Crippen molar-refractivity contribution in [1.29, 1.82) is 0 Å². The number of aromatic nitrogens is 1. The zero-order valence-corrected chi connectivity index (χ0v) is 20.3. The molecule has 2 fully saturated rings. The Morgan fingerprint density at radius 2 is 1.97 bits per heavy atom. The molecule has 1 aromatic carbocycles. The number of thiol groups is 1. The van der Waals surface area contributed by atoms with Crippen LogP contribution in [-0.2, 0) is 15.1 Å². The minimum atomic E-state index is -1.13. The molecule has 2 atom stereocenters. The number of piperidine rings is 1. The lowest BCUT2D eigenvalue weighted by molar-refractivity contribution is -0.142. The number of hydrogen-bond acceptors (Lipinski definition) is 6. The summed E-state index contributed by atoms with van der Waals surface area (Å²) in [6.45, 7) is 0.601. The lowest BCUT2D eigenvalue weighted by Crippen LogP contribution is -2.54. The number of Topliss-reactive ketones (excluding diaryl/α,β-unsaturated/α-hetero) is 1. The number of ketones is 1. The van der Waals surface area contributed by atoms with Gasteiger partial charge in [-0.05, 0) is 52.4 Å². The highest BCUT2D eigenvalue weighted by Gasteiger charge is 2.53. The molecule has 1 saturated carbocycles. The number of hydrogen-bond donors (Lipinski definition) is 1. The monoisotopic (exact) mass is 498 g/mol. The average Bonchev–Trinajstić information content (AvgIpc) is 3.47. The Morgan fingerprint density at radius 1 is 1.15 bits per heavy atom. The number of benzene rings is 1. The van der Waals surface area contributed by atoms with Gasteiger partial charge in [0.2, 0.25) is 11.8 Å². The molecule has 2 aromatic heterocycles. The minimum absolute atomic E-state index is 0.0351. The Balaban J connectivity index is 1.53. The summed E-state index contributed by atoms with van der Waals surface area (Å²) in [6, 6.07) is 14.3. The summed E-state index contributed by atoms with van der Waals surface area (Å²) >= 11 is 12.5. The molecule has 33 heavy (non-hydrogen) atoms. The van der Waals surface area contributed by atoms with Crippen LogP contribution in [0.2, 0.25) is 5.02 Å². The van der Waals surface area contributed by atoms with Gasteiger partial charge in [-0.3, -0.25) is 13.9 Å². The Kier molecular flexibility index (Phi) is 6.20. The van der Waals surface area contributed by atoms with Crippen molar-refractivity contribution in [2.24, 2.45) is 5.92 Å². The van der Waals surface area contributed by atoms with Crippen LogP contribution in [-0.4, -0.2) is 27.6 Å². The first-order valence-electron chi connectivity index (χ1n) is 10.9. The Labute approximate surface area is 207 Å². The van der Waals surface area contributed by atoms with Gasteiger partial charge in [0.1, 0.15) is 11.5 Å². The van der Waals surface area contributed by atoms with Crippen LogP contribution in [0.25, 0.3) is 0 Å². The molecule has 1 saturated heterocycles. The second kappa shape index (κ2) is 9.12. The topological polar surface area (TPSA) is 59.5 Å². The van der Waals surface area contributed by atoms with Gasteiger partial charge in [0.15, 0.2) is 5.78 Å². The van der Waals surface area contributed by atoms with Crippen molar-refractivity contribution in [2.45, 2.75) is 37.1 Å². The SMILES string of the molecule is O=C1CC(c2ccsc2)(c2cccc(OCCC3CC3)n2)N(S)C(=O)C1c1ccccc1Cl. The first kappa shape index (κ1) is 22.4. The summed E-state index contributed by atoms with van der Waals surface area (Å²) in [5, 5.41) is 4.24. The lowest BCUT2D eigenvalue weighted by atomic mass is 9.75. The molecule has 5 rings (SSSR count). The number of amides is 1. The van der Waals surface area contributed by atoms with Crippen LogP contribution in [0.1, 0.15) is 48.4 Å². The largest absolute Gasteiger partial charge is 0.478 e. The summed E-state index contributed by atoms with van der Waals surface area (Å²) in [5.74, 6) is -0.394. The fraction of sp³-hybridized carbons (Fsp3) is 0.320. The van der Waals surface area contributed by atoms with Crippen molar-refractivity contribution < 1.29 is 14.3 Å².